The molecule has 2 aromatic heterocycles. The van der Waals surface area contributed by atoms with Crippen molar-refractivity contribution in [3.05, 3.63) is 78.4 Å². The molecular formula is C34H36N6O3S3. The number of hydrogen-bond acceptors (Lipinski definition) is 9. The zero-order valence-corrected chi connectivity index (χ0v) is 28.4. The molecule has 0 saturated carbocycles. The van der Waals surface area contributed by atoms with E-state index in [0.29, 0.717) is 23.1 Å². The fourth-order valence-corrected chi connectivity index (χ4v) is 7.75. The van der Waals surface area contributed by atoms with Gasteiger partial charge in [0.2, 0.25) is 11.8 Å². The average Bonchev–Trinajstić information content (AvgIpc) is 3.82. The van der Waals surface area contributed by atoms with E-state index < -0.39 is 0 Å². The topological polar surface area (TPSA) is 111 Å². The number of ether oxygens (including phenoxy) is 1. The van der Waals surface area contributed by atoms with Crippen LogP contribution in [0.4, 0.5) is 5.69 Å². The number of thioether (sulfide) groups is 2. The van der Waals surface area contributed by atoms with E-state index in [1.54, 1.807) is 0 Å². The van der Waals surface area contributed by atoms with Crippen molar-refractivity contribution in [2.75, 3.05) is 30.0 Å². The quantitative estimate of drug-likeness (QED) is 0.145. The molecule has 1 fully saturated rings. The lowest BCUT2D eigenvalue weighted by Crippen LogP contribution is -2.32. The first kappa shape index (κ1) is 32.2. The maximum absolute atomic E-state index is 13.1. The van der Waals surface area contributed by atoms with Crippen LogP contribution in [0.15, 0.2) is 82.3 Å². The SMILES string of the molecule is CC(C)(C)c1ccc(-c2nnc(SCC(=O)Nc3ccc4nc(SCC(=O)NCC5CCCO5)sc4c3)n2-c2ccccc2)cc1. The maximum atomic E-state index is 13.1. The highest BCUT2D eigenvalue weighted by molar-refractivity contribution is 8.01. The lowest BCUT2D eigenvalue weighted by molar-refractivity contribution is -0.119. The second-order valence-electron chi connectivity index (χ2n) is 12.0. The second-order valence-corrected chi connectivity index (χ2v) is 15.2. The first-order valence-electron chi connectivity index (χ1n) is 15.2. The van der Waals surface area contributed by atoms with E-state index in [2.05, 4.69) is 70.9 Å². The number of rotatable bonds is 11. The van der Waals surface area contributed by atoms with Crippen molar-refractivity contribution in [3.8, 4) is 17.1 Å². The Kier molecular flexibility index (Phi) is 10.1. The van der Waals surface area contributed by atoms with E-state index in [-0.39, 0.29) is 29.1 Å². The van der Waals surface area contributed by atoms with E-state index in [4.69, 9.17) is 4.74 Å². The zero-order chi connectivity index (χ0) is 32.1. The van der Waals surface area contributed by atoms with Crippen LogP contribution in [0, 0.1) is 0 Å². The number of anilines is 1. The molecule has 12 heteroatoms. The molecule has 0 spiro atoms. The summed E-state index contributed by atoms with van der Waals surface area (Å²) in [6, 6.07) is 24.0. The number of nitrogens with zero attached hydrogens (tertiary/aromatic N) is 4. The molecule has 1 unspecified atom stereocenters. The highest BCUT2D eigenvalue weighted by atomic mass is 32.2. The van der Waals surface area contributed by atoms with Crippen molar-refractivity contribution in [1.29, 1.82) is 0 Å². The predicted octanol–water partition coefficient (Wildman–Crippen LogP) is 6.96. The molecule has 1 saturated heterocycles. The number of fused-ring (bicyclic) bond motifs is 1. The molecule has 2 N–H and O–H groups in total. The highest BCUT2D eigenvalue weighted by Gasteiger charge is 2.20. The first-order chi connectivity index (χ1) is 22.2. The molecule has 0 aliphatic carbocycles. The molecule has 46 heavy (non-hydrogen) atoms. The Morgan fingerprint density at radius 2 is 1.76 bits per heavy atom. The van der Waals surface area contributed by atoms with Gasteiger partial charge in [-0.2, -0.15) is 0 Å². The molecule has 3 heterocycles. The average molecular weight is 673 g/mol. The van der Waals surface area contributed by atoms with Gasteiger partial charge in [0.05, 0.1) is 27.8 Å². The van der Waals surface area contributed by atoms with Crippen LogP contribution in [0.25, 0.3) is 27.3 Å². The third kappa shape index (κ3) is 7.98. The number of carbonyl (C=O) groups excluding carboxylic acids is 2. The highest BCUT2D eigenvalue weighted by Crippen LogP contribution is 2.32. The third-order valence-corrected chi connectivity index (χ3v) is 10.6. The Morgan fingerprint density at radius 1 is 0.978 bits per heavy atom. The first-order valence-corrected chi connectivity index (χ1v) is 18.0. The van der Waals surface area contributed by atoms with Crippen LogP contribution in [-0.4, -0.2) is 62.3 Å². The van der Waals surface area contributed by atoms with Gasteiger partial charge in [-0.3, -0.25) is 14.2 Å². The standard InChI is InChI=1S/C34H36N6O3S3/c1-34(2,3)23-13-11-22(12-14-23)31-38-39-32(40(31)25-8-5-4-6-9-25)44-21-30(42)36-24-15-16-27-28(18-24)46-33(37-27)45-20-29(41)35-19-26-10-7-17-43-26/h4-6,8-9,11-16,18,26H,7,10,17,19-21H2,1-3H3,(H,35,41)(H,36,42). The van der Waals surface area contributed by atoms with E-state index in [1.807, 2.05) is 53.1 Å². The number of amides is 2. The zero-order valence-electron chi connectivity index (χ0n) is 26.0. The fraction of sp³-hybridized carbons (Fsp3) is 0.324. The van der Waals surface area contributed by atoms with Crippen LogP contribution >= 0.6 is 34.9 Å². The van der Waals surface area contributed by atoms with Gasteiger partial charge in [-0.25, -0.2) is 4.98 Å². The minimum atomic E-state index is -0.148. The molecule has 1 aliphatic heterocycles. The molecule has 5 aromatic rings. The number of aromatic nitrogens is 4. The van der Waals surface area contributed by atoms with Gasteiger partial charge in [-0.1, -0.05) is 86.8 Å². The van der Waals surface area contributed by atoms with Gasteiger partial charge in [0, 0.05) is 30.1 Å². The second kappa shape index (κ2) is 14.4. The lowest BCUT2D eigenvalue weighted by Gasteiger charge is -2.19. The predicted molar refractivity (Wildman–Crippen MR) is 187 cm³/mol. The fourth-order valence-electron chi connectivity index (χ4n) is 5.06. The van der Waals surface area contributed by atoms with Gasteiger partial charge in [0.1, 0.15) is 0 Å². The van der Waals surface area contributed by atoms with Crippen LogP contribution < -0.4 is 10.6 Å². The minimum absolute atomic E-state index is 0.0288. The summed E-state index contributed by atoms with van der Waals surface area (Å²) in [5.74, 6) is 1.00. The van der Waals surface area contributed by atoms with Crippen molar-refractivity contribution in [2.24, 2.45) is 0 Å². The van der Waals surface area contributed by atoms with Crippen molar-refractivity contribution in [2.45, 2.75) is 54.6 Å². The monoisotopic (exact) mass is 672 g/mol. The minimum Gasteiger partial charge on any atom is -0.376 e. The molecule has 0 bridgehead atoms. The van der Waals surface area contributed by atoms with Gasteiger partial charge < -0.3 is 15.4 Å². The molecule has 238 valence electrons. The summed E-state index contributed by atoms with van der Waals surface area (Å²) in [7, 11) is 0. The normalized spacial score (nSPS) is 14.9. The largest absolute Gasteiger partial charge is 0.376 e. The Hall–Kier alpha value is -3.71. The molecule has 6 rings (SSSR count). The Bertz CT molecular complexity index is 1810. The molecular weight excluding hydrogens is 637 g/mol. The number of carbonyl (C=O) groups is 2. The van der Waals surface area contributed by atoms with Crippen molar-refractivity contribution >= 4 is 62.6 Å². The molecule has 3 aromatic carbocycles. The summed E-state index contributed by atoms with van der Waals surface area (Å²) in [6.07, 6.45) is 2.17. The molecule has 2 amide bonds. The van der Waals surface area contributed by atoms with Gasteiger partial charge in [0.25, 0.3) is 0 Å². The summed E-state index contributed by atoms with van der Waals surface area (Å²) >= 11 is 4.26. The van der Waals surface area contributed by atoms with E-state index in [9.17, 15) is 9.59 Å². The van der Waals surface area contributed by atoms with E-state index in [0.717, 1.165) is 51.1 Å². The number of thiazole rings is 1. The molecule has 1 atom stereocenters. The van der Waals surface area contributed by atoms with Crippen LogP contribution in [0.2, 0.25) is 0 Å². The maximum Gasteiger partial charge on any atom is 0.234 e. The van der Waals surface area contributed by atoms with E-state index >= 15 is 0 Å². The Labute approximate surface area is 280 Å². The lowest BCUT2D eigenvalue weighted by atomic mass is 9.87. The third-order valence-electron chi connectivity index (χ3n) is 7.52. The summed E-state index contributed by atoms with van der Waals surface area (Å²) in [5, 5.41) is 15.6. The summed E-state index contributed by atoms with van der Waals surface area (Å²) in [4.78, 5) is 30.0. The van der Waals surface area contributed by atoms with Gasteiger partial charge in [-0.15, -0.1) is 21.5 Å². The Balaban J connectivity index is 1.09. The molecule has 0 radical (unpaired) electrons. The van der Waals surface area contributed by atoms with Crippen LogP contribution in [0.5, 0.6) is 0 Å². The van der Waals surface area contributed by atoms with Gasteiger partial charge in [-0.05, 0) is 54.2 Å². The number of nitrogens with one attached hydrogen (secondary N) is 2. The van der Waals surface area contributed by atoms with Crippen LogP contribution in [0.3, 0.4) is 0 Å². The van der Waals surface area contributed by atoms with Crippen molar-refractivity contribution < 1.29 is 14.3 Å². The summed E-state index contributed by atoms with van der Waals surface area (Å²) < 4.78 is 9.31. The molecule has 1 aliphatic rings. The number of hydrogen-bond donors (Lipinski definition) is 2. The Morgan fingerprint density at radius 3 is 2.50 bits per heavy atom. The summed E-state index contributed by atoms with van der Waals surface area (Å²) in [5.41, 5.74) is 4.70. The molecule has 9 nitrogen and oxygen atoms in total. The van der Waals surface area contributed by atoms with Crippen molar-refractivity contribution in [3.63, 3.8) is 0 Å². The van der Waals surface area contributed by atoms with Crippen LogP contribution in [-0.2, 0) is 19.7 Å². The van der Waals surface area contributed by atoms with E-state index in [1.165, 1.54) is 40.4 Å². The van der Waals surface area contributed by atoms with Crippen LogP contribution in [0.1, 0.15) is 39.2 Å². The van der Waals surface area contributed by atoms with Gasteiger partial charge in [0.15, 0.2) is 15.3 Å². The summed E-state index contributed by atoms with van der Waals surface area (Å²) in [6.45, 7) is 7.90. The number of para-hydroxylation sites is 1. The van der Waals surface area contributed by atoms with Gasteiger partial charge >= 0.3 is 0 Å². The smallest absolute Gasteiger partial charge is 0.234 e. The number of benzene rings is 3. The van der Waals surface area contributed by atoms with Crippen molar-refractivity contribution in [1.82, 2.24) is 25.1 Å².